The van der Waals surface area contributed by atoms with E-state index in [4.69, 9.17) is 10.5 Å². The van der Waals surface area contributed by atoms with Gasteiger partial charge in [-0.15, -0.1) is 0 Å². The first-order chi connectivity index (χ1) is 11.8. The van der Waals surface area contributed by atoms with Crippen molar-refractivity contribution in [3.63, 3.8) is 0 Å². The molecule has 8 nitrogen and oxygen atoms in total. The highest BCUT2D eigenvalue weighted by Gasteiger charge is 2.28. The van der Waals surface area contributed by atoms with Crippen molar-refractivity contribution in [2.75, 3.05) is 12.3 Å². The van der Waals surface area contributed by atoms with Crippen molar-refractivity contribution in [3.8, 4) is 0 Å². The van der Waals surface area contributed by atoms with Gasteiger partial charge in [0.15, 0.2) is 6.61 Å². The fraction of sp³-hybridized carbons (Fsp3) is 0.529. The molecule has 3 N–H and O–H groups in total. The predicted molar refractivity (Wildman–Crippen MR) is 91.9 cm³/mol. The van der Waals surface area contributed by atoms with Crippen LogP contribution in [0.2, 0.25) is 0 Å². The fourth-order valence-corrected chi connectivity index (χ4v) is 3.08. The molecule has 0 unspecified atom stereocenters. The van der Waals surface area contributed by atoms with E-state index in [2.05, 4.69) is 19.2 Å². The summed E-state index contributed by atoms with van der Waals surface area (Å²) in [5.74, 6) is -0.266. The SMILES string of the molecule is C[C@H]1[C@H](C)CCC[C@H]1NC(=O)COC(=O)c1ccc(N)c([N+](=O)[O-])c1. The molecule has 0 bridgehead atoms. The number of carbonyl (C=O) groups is 2. The normalized spacial score (nSPS) is 22.9. The highest BCUT2D eigenvalue weighted by Crippen LogP contribution is 2.29. The molecule has 8 heteroatoms. The van der Waals surface area contributed by atoms with Gasteiger partial charge in [0.2, 0.25) is 0 Å². The zero-order chi connectivity index (χ0) is 18.6. The largest absolute Gasteiger partial charge is 0.452 e. The summed E-state index contributed by atoms with van der Waals surface area (Å²) in [6, 6.07) is 3.71. The summed E-state index contributed by atoms with van der Waals surface area (Å²) in [5, 5.41) is 13.8. The van der Waals surface area contributed by atoms with Gasteiger partial charge < -0.3 is 15.8 Å². The van der Waals surface area contributed by atoms with Crippen LogP contribution >= 0.6 is 0 Å². The van der Waals surface area contributed by atoms with Crippen molar-refractivity contribution in [2.24, 2.45) is 11.8 Å². The lowest BCUT2D eigenvalue weighted by Gasteiger charge is -2.34. The average molecular weight is 349 g/mol. The lowest BCUT2D eigenvalue weighted by atomic mass is 9.78. The minimum Gasteiger partial charge on any atom is -0.452 e. The minimum absolute atomic E-state index is 0.0200. The number of nitrogen functional groups attached to an aromatic ring is 1. The number of anilines is 1. The minimum atomic E-state index is -0.802. The Morgan fingerprint density at radius 2 is 2.08 bits per heavy atom. The number of nitrogens with zero attached hydrogens (tertiary/aromatic N) is 1. The Kier molecular flexibility index (Phi) is 5.95. The van der Waals surface area contributed by atoms with E-state index in [0.29, 0.717) is 11.8 Å². The Balaban J connectivity index is 1.90. The molecule has 0 aliphatic heterocycles. The number of rotatable bonds is 5. The molecule has 1 amide bonds. The number of nitro benzene ring substituents is 1. The molecule has 1 aromatic rings. The summed E-state index contributed by atoms with van der Waals surface area (Å²) in [7, 11) is 0. The Hall–Kier alpha value is -2.64. The smallest absolute Gasteiger partial charge is 0.338 e. The summed E-state index contributed by atoms with van der Waals surface area (Å²) < 4.78 is 4.95. The number of benzene rings is 1. The van der Waals surface area contributed by atoms with Crippen LogP contribution in [0.1, 0.15) is 43.5 Å². The van der Waals surface area contributed by atoms with Crippen LogP contribution in [0.15, 0.2) is 18.2 Å². The van der Waals surface area contributed by atoms with Gasteiger partial charge in [-0.05, 0) is 30.4 Å². The lowest BCUT2D eigenvalue weighted by Crippen LogP contribution is -2.45. The first-order valence-corrected chi connectivity index (χ1v) is 8.30. The molecule has 0 spiro atoms. The average Bonchev–Trinajstić information content (AvgIpc) is 2.57. The molecule has 2 rings (SSSR count). The number of hydrogen-bond donors (Lipinski definition) is 2. The van der Waals surface area contributed by atoms with Crippen molar-refractivity contribution in [1.82, 2.24) is 5.32 Å². The molecular weight excluding hydrogens is 326 g/mol. The Morgan fingerprint density at radius 1 is 1.36 bits per heavy atom. The van der Waals surface area contributed by atoms with Crippen LogP contribution in [0.25, 0.3) is 0 Å². The lowest BCUT2D eigenvalue weighted by molar-refractivity contribution is -0.383. The second kappa shape index (κ2) is 7.96. The van der Waals surface area contributed by atoms with Gasteiger partial charge >= 0.3 is 5.97 Å². The molecule has 0 aromatic heterocycles. The summed E-state index contributed by atoms with van der Waals surface area (Å²) in [6.45, 7) is 3.85. The highest BCUT2D eigenvalue weighted by atomic mass is 16.6. The van der Waals surface area contributed by atoms with Crippen LogP contribution in [-0.4, -0.2) is 29.4 Å². The first-order valence-electron chi connectivity index (χ1n) is 8.30. The van der Waals surface area contributed by atoms with Crippen molar-refractivity contribution in [1.29, 1.82) is 0 Å². The van der Waals surface area contributed by atoms with Crippen molar-refractivity contribution in [3.05, 3.63) is 33.9 Å². The summed E-state index contributed by atoms with van der Waals surface area (Å²) in [4.78, 5) is 34.2. The molecule has 0 saturated heterocycles. The van der Waals surface area contributed by atoms with E-state index in [1.54, 1.807) is 0 Å². The van der Waals surface area contributed by atoms with Gasteiger partial charge in [-0.3, -0.25) is 14.9 Å². The topological polar surface area (TPSA) is 125 Å². The zero-order valence-corrected chi connectivity index (χ0v) is 14.4. The molecule has 136 valence electrons. The third kappa shape index (κ3) is 4.68. The second-order valence-corrected chi connectivity index (χ2v) is 6.55. The maximum atomic E-state index is 12.0. The molecule has 25 heavy (non-hydrogen) atoms. The molecule has 1 aliphatic rings. The van der Waals surface area contributed by atoms with E-state index in [0.717, 1.165) is 25.3 Å². The van der Waals surface area contributed by atoms with Crippen LogP contribution in [0.3, 0.4) is 0 Å². The maximum Gasteiger partial charge on any atom is 0.338 e. The van der Waals surface area contributed by atoms with Crippen molar-refractivity contribution in [2.45, 2.75) is 39.2 Å². The number of carbonyl (C=O) groups excluding carboxylic acids is 2. The third-order valence-corrected chi connectivity index (χ3v) is 4.85. The zero-order valence-electron chi connectivity index (χ0n) is 14.4. The van der Waals surface area contributed by atoms with Crippen LogP contribution in [0, 0.1) is 22.0 Å². The van der Waals surface area contributed by atoms with E-state index in [1.807, 2.05) is 0 Å². The van der Waals surface area contributed by atoms with Gasteiger partial charge in [-0.2, -0.15) is 0 Å². The van der Waals surface area contributed by atoms with Gasteiger partial charge in [-0.25, -0.2) is 4.79 Å². The van der Waals surface area contributed by atoms with Gasteiger partial charge in [0.25, 0.3) is 11.6 Å². The van der Waals surface area contributed by atoms with Gasteiger partial charge in [0.05, 0.1) is 10.5 Å². The highest BCUT2D eigenvalue weighted by molar-refractivity contribution is 5.92. The third-order valence-electron chi connectivity index (χ3n) is 4.85. The summed E-state index contributed by atoms with van der Waals surface area (Å²) >= 11 is 0. The van der Waals surface area contributed by atoms with Gasteiger partial charge in [0.1, 0.15) is 5.69 Å². The number of amides is 1. The van der Waals surface area contributed by atoms with Crippen LogP contribution < -0.4 is 11.1 Å². The molecule has 0 radical (unpaired) electrons. The van der Waals surface area contributed by atoms with E-state index in [9.17, 15) is 19.7 Å². The Bertz CT molecular complexity index is 676. The monoisotopic (exact) mass is 349 g/mol. The maximum absolute atomic E-state index is 12.0. The first kappa shape index (κ1) is 18.7. The summed E-state index contributed by atoms with van der Waals surface area (Å²) in [5.41, 5.74) is 5.05. The van der Waals surface area contributed by atoms with E-state index in [-0.39, 0.29) is 28.9 Å². The standard InChI is InChI=1S/C17H23N3O5/c1-10-4-3-5-14(11(10)2)19-16(21)9-25-17(22)12-6-7-13(18)15(8-12)20(23)24/h6-8,10-11,14H,3-5,9,18H2,1-2H3,(H,19,21)/t10-,11+,14-/m1/s1. The van der Waals surface area contributed by atoms with E-state index >= 15 is 0 Å². The number of hydrogen-bond acceptors (Lipinski definition) is 6. The summed E-state index contributed by atoms with van der Waals surface area (Å²) in [6.07, 6.45) is 3.12. The quantitative estimate of drug-likeness (QED) is 0.364. The van der Waals surface area contributed by atoms with Gasteiger partial charge in [-0.1, -0.05) is 26.7 Å². The Morgan fingerprint density at radius 3 is 2.76 bits per heavy atom. The van der Waals surface area contributed by atoms with Crippen LogP contribution in [-0.2, 0) is 9.53 Å². The molecule has 1 saturated carbocycles. The fourth-order valence-electron chi connectivity index (χ4n) is 3.08. The van der Waals surface area contributed by atoms with Crippen LogP contribution in [0.5, 0.6) is 0 Å². The number of ether oxygens (including phenoxy) is 1. The van der Waals surface area contributed by atoms with E-state index in [1.165, 1.54) is 12.1 Å². The number of esters is 1. The number of nitro groups is 1. The van der Waals surface area contributed by atoms with E-state index < -0.39 is 17.5 Å². The Labute approximate surface area is 145 Å². The second-order valence-electron chi connectivity index (χ2n) is 6.55. The van der Waals surface area contributed by atoms with Crippen molar-refractivity contribution < 1.29 is 19.2 Å². The van der Waals surface area contributed by atoms with Crippen LogP contribution in [0.4, 0.5) is 11.4 Å². The number of nitrogens with two attached hydrogens (primary N) is 1. The molecule has 3 atom stereocenters. The molecule has 1 aromatic carbocycles. The molecule has 1 aliphatic carbocycles. The van der Waals surface area contributed by atoms with Gasteiger partial charge in [0, 0.05) is 12.1 Å². The predicted octanol–water partition coefficient (Wildman–Crippen LogP) is 2.27. The molecule has 1 fully saturated rings. The molecular formula is C17H23N3O5. The molecule has 0 heterocycles. The number of nitrogens with one attached hydrogen (secondary N) is 1. The van der Waals surface area contributed by atoms with Crippen molar-refractivity contribution >= 4 is 23.3 Å².